The standard InChI is InChI=1S/C20H23N5O/c1-14-6-4-7-17(10-14)25-15(2)18(12-22-25)20(26)24-9-5-8-19(24)16-11-21-23(3)13-16/h4,6-7,10-13,19H,5,8-9H2,1-3H3/t19-/m0/s1. The normalized spacial score (nSPS) is 17.0. The van der Waals surface area contributed by atoms with E-state index in [0.717, 1.165) is 36.3 Å². The molecule has 1 atom stereocenters. The fourth-order valence-corrected chi connectivity index (χ4v) is 3.76. The van der Waals surface area contributed by atoms with Gasteiger partial charge in [-0.15, -0.1) is 0 Å². The quantitative estimate of drug-likeness (QED) is 0.730. The molecular formula is C20H23N5O. The SMILES string of the molecule is Cc1cccc(-n2ncc(C(=O)N3CCC[C@H]3c3cnn(C)c3)c2C)c1. The van der Waals surface area contributed by atoms with Gasteiger partial charge in [-0.3, -0.25) is 9.48 Å². The van der Waals surface area contributed by atoms with E-state index in [1.54, 1.807) is 10.9 Å². The van der Waals surface area contributed by atoms with Crippen LogP contribution in [0.4, 0.5) is 0 Å². The zero-order valence-electron chi connectivity index (χ0n) is 15.4. The highest BCUT2D eigenvalue weighted by atomic mass is 16.2. The highest BCUT2D eigenvalue weighted by molar-refractivity contribution is 5.95. The van der Waals surface area contributed by atoms with E-state index in [0.29, 0.717) is 5.56 Å². The van der Waals surface area contributed by atoms with Crippen LogP contribution in [0.15, 0.2) is 42.9 Å². The summed E-state index contributed by atoms with van der Waals surface area (Å²) in [6.07, 6.45) is 7.54. The lowest BCUT2D eigenvalue weighted by Crippen LogP contribution is -2.30. The predicted molar refractivity (Wildman–Crippen MR) is 99.3 cm³/mol. The van der Waals surface area contributed by atoms with Gasteiger partial charge >= 0.3 is 0 Å². The van der Waals surface area contributed by atoms with Gasteiger partial charge in [0.25, 0.3) is 5.91 Å². The van der Waals surface area contributed by atoms with E-state index in [-0.39, 0.29) is 11.9 Å². The van der Waals surface area contributed by atoms with Crippen molar-refractivity contribution in [3.8, 4) is 5.69 Å². The number of carbonyl (C=O) groups excluding carboxylic acids is 1. The molecule has 0 aliphatic carbocycles. The second kappa shape index (κ2) is 6.44. The molecule has 3 aromatic rings. The van der Waals surface area contributed by atoms with E-state index < -0.39 is 0 Å². The molecule has 6 nitrogen and oxygen atoms in total. The Kier molecular flexibility index (Phi) is 4.11. The second-order valence-electron chi connectivity index (χ2n) is 7.00. The van der Waals surface area contributed by atoms with Crippen LogP contribution < -0.4 is 0 Å². The Morgan fingerprint density at radius 1 is 1.19 bits per heavy atom. The van der Waals surface area contributed by atoms with E-state index >= 15 is 0 Å². The lowest BCUT2D eigenvalue weighted by Gasteiger charge is -2.23. The molecule has 0 unspecified atom stereocenters. The number of amides is 1. The molecule has 1 aromatic carbocycles. The molecule has 1 fully saturated rings. The van der Waals surface area contributed by atoms with E-state index in [2.05, 4.69) is 29.3 Å². The summed E-state index contributed by atoms with van der Waals surface area (Å²) < 4.78 is 3.63. The third-order valence-electron chi connectivity index (χ3n) is 5.11. The molecule has 3 heterocycles. The van der Waals surface area contributed by atoms with Gasteiger partial charge in [0.2, 0.25) is 0 Å². The maximum Gasteiger partial charge on any atom is 0.257 e. The fourth-order valence-electron chi connectivity index (χ4n) is 3.76. The Hall–Kier alpha value is -2.89. The monoisotopic (exact) mass is 349 g/mol. The summed E-state index contributed by atoms with van der Waals surface area (Å²) in [4.78, 5) is 15.2. The van der Waals surface area contributed by atoms with Crippen LogP contribution in [-0.4, -0.2) is 36.9 Å². The van der Waals surface area contributed by atoms with Crippen molar-refractivity contribution in [2.75, 3.05) is 6.54 Å². The Labute approximate surface area is 153 Å². The first-order valence-corrected chi connectivity index (χ1v) is 8.96. The van der Waals surface area contributed by atoms with Gasteiger partial charge in [0.15, 0.2) is 0 Å². The minimum atomic E-state index is 0.0488. The van der Waals surface area contributed by atoms with Crippen molar-refractivity contribution in [1.29, 1.82) is 0 Å². The summed E-state index contributed by atoms with van der Waals surface area (Å²) in [5.74, 6) is 0.0488. The lowest BCUT2D eigenvalue weighted by molar-refractivity contribution is 0.0735. The Morgan fingerprint density at radius 2 is 2.04 bits per heavy atom. The largest absolute Gasteiger partial charge is 0.331 e. The first kappa shape index (κ1) is 16.6. The molecule has 6 heteroatoms. The van der Waals surface area contributed by atoms with E-state index in [4.69, 9.17) is 0 Å². The number of nitrogens with zero attached hydrogens (tertiary/aromatic N) is 5. The lowest BCUT2D eigenvalue weighted by atomic mass is 10.1. The summed E-state index contributed by atoms with van der Waals surface area (Å²) in [6.45, 7) is 4.78. The summed E-state index contributed by atoms with van der Waals surface area (Å²) in [7, 11) is 1.90. The van der Waals surface area contributed by atoms with E-state index in [1.807, 2.05) is 48.1 Å². The van der Waals surface area contributed by atoms with Crippen molar-refractivity contribution in [1.82, 2.24) is 24.5 Å². The molecule has 0 bridgehead atoms. The van der Waals surface area contributed by atoms with Crippen LogP contribution in [0.5, 0.6) is 0 Å². The van der Waals surface area contributed by atoms with Gasteiger partial charge in [-0.25, -0.2) is 4.68 Å². The average Bonchev–Trinajstić information content (AvgIpc) is 3.33. The third kappa shape index (κ3) is 2.81. The number of hydrogen-bond donors (Lipinski definition) is 0. The van der Waals surface area contributed by atoms with Gasteiger partial charge < -0.3 is 4.90 Å². The first-order valence-electron chi connectivity index (χ1n) is 8.96. The molecular weight excluding hydrogens is 326 g/mol. The third-order valence-corrected chi connectivity index (χ3v) is 5.11. The van der Waals surface area contributed by atoms with Crippen LogP contribution in [-0.2, 0) is 7.05 Å². The zero-order chi connectivity index (χ0) is 18.3. The first-order chi connectivity index (χ1) is 12.5. The average molecular weight is 349 g/mol. The van der Waals surface area contributed by atoms with Crippen molar-refractivity contribution < 1.29 is 4.79 Å². The molecule has 1 aliphatic rings. The topological polar surface area (TPSA) is 56.0 Å². The number of likely N-dealkylation sites (tertiary alicyclic amines) is 1. The molecule has 1 amide bonds. The molecule has 2 aromatic heterocycles. The molecule has 26 heavy (non-hydrogen) atoms. The highest BCUT2D eigenvalue weighted by Crippen LogP contribution is 2.33. The number of rotatable bonds is 3. The maximum absolute atomic E-state index is 13.2. The van der Waals surface area contributed by atoms with E-state index in [1.165, 1.54) is 5.56 Å². The maximum atomic E-state index is 13.2. The molecule has 0 spiro atoms. The minimum Gasteiger partial charge on any atom is -0.331 e. The van der Waals surface area contributed by atoms with Crippen molar-refractivity contribution >= 4 is 5.91 Å². The fraction of sp³-hybridized carbons (Fsp3) is 0.350. The molecule has 0 radical (unpaired) electrons. The van der Waals surface area contributed by atoms with Gasteiger partial charge in [-0.2, -0.15) is 10.2 Å². The zero-order valence-corrected chi connectivity index (χ0v) is 15.4. The number of carbonyl (C=O) groups is 1. The van der Waals surface area contributed by atoms with E-state index in [9.17, 15) is 4.79 Å². The van der Waals surface area contributed by atoms with Crippen molar-refractivity contribution in [3.63, 3.8) is 0 Å². The number of hydrogen-bond acceptors (Lipinski definition) is 3. The molecule has 4 rings (SSSR count). The van der Waals surface area contributed by atoms with Crippen molar-refractivity contribution in [3.05, 3.63) is 65.2 Å². The summed E-state index contributed by atoms with van der Waals surface area (Å²) in [5, 5.41) is 8.73. The van der Waals surface area contributed by atoms with Crippen LogP contribution >= 0.6 is 0 Å². The number of benzene rings is 1. The van der Waals surface area contributed by atoms with Crippen molar-refractivity contribution in [2.45, 2.75) is 32.7 Å². The Bertz CT molecular complexity index is 955. The summed E-state index contributed by atoms with van der Waals surface area (Å²) >= 11 is 0. The van der Waals surface area contributed by atoms with Crippen LogP contribution in [0.25, 0.3) is 5.69 Å². The number of aryl methyl sites for hydroxylation is 2. The Balaban J connectivity index is 1.64. The van der Waals surface area contributed by atoms with Gasteiger partial charge in [-0.1, -0.05) is 12.1 Å². The highest BCUT2D eigenvalue weighted by Gasteiger charge is 2.32. The molecule has 1 aliphatic heterocycles. The van der Waals surface area contributed by atoms with Gasteiger partial charge in [-0.05, 0) is 44.4 Å². The molecule has 1 saturated heterocycles. The molecule has 0 N–H and O–H groups in total. The van der Waals surface area contributed by atoms with Crippen LogP contribution in [0, 0.1) is 13.8 Å². The summed E-state index contributed by atoms with van der Waals surface area (Å²) in [6, 6.07) is 8.24. The summed E-state index contributed by atoms with van der Waals surface area (Å²) in [5.41, 5.74) is 4.79. The number of aromatic nitrogens is 4. The van der Waals surface area contributed by atoms with Gasteiger partial charge in [0, 0.05) is 25.4 Å². The predicted octanol–water partition coefficient (Wildman–Crippen LogP) is 3.20. The van der Waals surface area contributed by atoms with Crippen molar-refractivity contribution in [2.24, 2.45) is 7.05 Å². The van der Waals surface area contributed by atoms with Gasteiger partial charge in [0.05, 0.1) is 35.4 Å². The Morgan fingerprint density at radius 3 is 2.77 bits per heavy atom. The van der Waals surface area contributed by atoms with Crippen LogP contribution in [0.1, 0.15) is 46.1 Å². The minimum absolute atomic E-state index is 0.0488. The molecule has 134 valence electrons. The smallest absolute Gasteiger partial charge is 0.257 e. The van der Waals surface area contributed by atoms with Crippen LogP contribution in [0.3, 0.4) is 0 Å². The molecule has 0 saturated carbocycles. The van der Waals surface area contributed by atoms with Gasteiger partial charge in [0.1, 0.15) is 0 Å². The second-order valence-corrected chi connectivity index (χ2v) is 7.00. The van der Waals surface area contributed by atoms with Crippen LogP contribution in [0.2, 0.25) is 0 Å².